The normalized spacial score (nSPS) is 10.9. The molecule has 2 heterocycles. The van der Waals surface area contributed by atoms with Crippen molar-refractivity contribution < 1.29 is 4.57 Å². The van der Waals surface area contributed by atoms with Gasteiger partial charge in [-0.05, 0) is 88.9 Å². The number of aromatic nitrogens is 2. The van der Waals surface area contributed by atoms with Crippen LogP contribution in [0.1, 0.15) is 75.3 Å². The van der Waals surface area contributed by atoms with Crippen LogP contribution in [0.3, 0.4) is 0 Å². The Bertz CT molecular complexity index is 1860. The SMILES string of the molecule is C=Cc1ccc(-c2cc(C)c3c(c2)c2c(-c4c(C)cccc4C)ccc(C(C)C)c2c2n3cc[n+]2C)cc1.CC.CC. The number of imidazole rings is 1. The highest BCUT2D eigenvalue weighted by Crippen LogP contribution is 2.43. The first kappa shape index (κ1) is 30.8. The molecular weight excluding hydrogens is 508 g/mol. The average Bonchev–Trinajstić information content (AvgIpc) is 3.39. The topological polar surface area (TPSA) is 8.29 Å². The van der Waals surface area contributed by atoms with Gasteiger partial charge in [-0.2, -0.15) is 4.40 Å². The largest absolute Gasteiger partial charge is 0.294 e. The van der Waals surface area contributed by atoms with E-state index in [0.717, 1.165) is 5.56 Å². The average molecular weight is 556 g/mol. The number of aryl methyl sites for hydroxylation is 4. The van der Waals surface area contributed by atoms with Crippen molar-refractivity contribution in [3.8, 4) is 22.3 Å². The van der Waals surface area contributed by atoms with Gasteiger partial charge in [-0.15, -0.1) is 0 Å². The summed E-state index contributed by atoms with van der Waals surface area (Å²) >= 11 is 0. The minimum atomic E-state index is 0.399. The van der Waals surface area contributed by atoms with Gasteiger partial charge in [-0.3, -0.25) is 0 Å². The Morgan fingerprint density at radius 1 is 0.762 bits per heavy atom. The molecule has 0 spiro atoms. The van der Waals surface area contributed by atoms with E-state index in [-0.39, 0.29) is 0 Å². The smallest absolute Gasteiger partial charge is 0.232 e. The van der Waals surface area contributed by atoms with Crippen molar-refractivity contribution in [2.75, 3.05) is 0 Å². The van der Waals surface area contributed by atoms with Crippen LogP contribution in [0.4, 0.5) is 0 Å². The number of hydrogen-bond acceptors (Lipinski definition) is 0. The maximum Gasteiger partial charge on any atom is 0.294 e. The highest BCUT2D eigenvalue weighted by molar-refractivity contribution is 6.20. The Morgan fingerprint density at radius 2 is 1.40 bits per heavy atom. The number of hydrogen-bond donors (Lipinski definition) is 0. The fraction of sp³-hybridized carbons (Fsp3) is 0.275. The Balaban J connectivity index is 0.000000972. The highest BCUT2D eigenvalue weighted by Gasteiger charge is 2.26. The summed E-state index contributed by atoms with van der Waals surface area (Å²) < 4.78 is 4.68. The molecule has 0 bridgehead atoms. The molecule has 0 aliphatic heterocycles. The molecule has 2 heteroatoms. The van der Waals surface area contributed by atoms with Crippen molar-refractivity contribution in [3.63, 3.8) is 0 Å². The minimum absolute atomic E-state index is 0.399. The lowest BCUT2D eigenvalue weighted by Crippen LogP contribution is -2.26. The monoisotopic (exact) mass is 555 g/mol. The van der Waals surface area contributed by atoms with Crippen LogP contribution in [-0.2, 0) is 7.05 Å². The number of pyridine rings is 1. The van der Waals surface area contributed by atoms with Crippen molar-refractivity contribution in [3.05, 3.63) is 114 Å². The van der Waals surface area contributed by atoms with Gasteiger partial charge in [0.25, 0.3) is 5.65 Å². The van der Waals surface area contributed by atoms with Crippen LogP contribution in [0.5, 0.6) is 0 Å². The fourth-order valence-electron chi connectivity index (χ4n) is 6.29. The van der Waals surface area contributed by atoms with E-state index >= 15 is 0 Å². The standard InChI is InChI=1S/C36H35N2.2C2H6/c1-8-26-12-14-27(15-13-26)28-20-25(6)35-31(21-28)33-30(32-23(4)10-9-11-24(32)5)17-16-29(22(2)3)34(33)36-37(7)18-19-38(35)36;2*1-2/h8-22H,1H2,2-7H3;2*1-2H3/q+1;;. The molecule has 0 N–H and O–H groups in total. The van der Waals surface area contributed by atoms with Gasteiger partial charge in [0, 0.05) is 10.8 Å². The first-order valence-electron chi connectivity index (χ1n) is 15.5. The Hall–Kier alpha value is -4.17. The maximum absolute atomic E-state index is 3.92. The lowest BCUT2D eigenvalue weighted by atomic mass is 9.85. The van der Waals surface area contributed by atoms with Crippen molar-refractivity contribution in [2.24, 2.45) is 7.05 Å². The van der Waals surface area contributed by atoms with E-state index < -0.39 is 0 Å². The molecule has 0 fully saturated rings. The molecule has 0 unspecified atom stereocenters. The summed E-state index contributed by atoms with van der Waals surface area (Å²) in [5.41, 5.74) is 14.0. The first-order valence-corrected chi connectivity index (χ1v) is 15.5. The van der Waals surface area contributed by atoms with Gasteiger partial charge in [0.15, 0.2) is 0 Å². The van der Waals surface area contributed by atoms with Gasteiger partial charge >= 0.3 is 0 Å². The quantitative estimate of drug-likeness (QED) is 0.151. The molecule has 0 aliphatic rings. The molecule has 0 aliphatic carbocycles. The fourth-order valence-corrected chi connectivity index (χ4v) is 6.29. The number of benzene rings is 4. The molecule has 42 heavy (non-hydrogen) atoms. The van der Waals surface area contributed by atoms with Gasteiger partial charge in [0.2, 0.25) is 0 Å². The molecule has 0 radical (unpaired) electrons. The summed E-state index contributed by atoms with van der Waals surface area (Å²) in [6.45, 7) is 23.3. The van der Waals surface area contributed by atoms with E-state index in [1.54, 1.807) is 0 Å². The van der Waals surface area contributed by atoms with Crippen molar-refractivity contribution in [1.29, 1.82) is 0 Å². The summed E-state index contributed by atoms with van der Waals surface area (Å²) in [7, 11) is 2.17. The van der Waals surface area contributed by atoms with E-state index in [0.29, 0.717) is 5.92 Å². The lowest BCUT2D eigenvalue weighted by Gasteiger charge is -2.19. The molecule has 6 rings (SSSR count). The van der Waals surface area contributed by atoms with Crippen LogP contribution in [0.25, 0.3) is 55.7 Å². The predicted molar refractivity (Wildman–Crippen MR) is 186 cm³/mol. The molecule has 0 amide bonds. The molecule has 2 nitrogen and oxygen atoms in total. The lowest BCUT2D eigenvalue weighted by molar-refractivity contribution is -0.643. The summed E-state index contributed by atoms with van der Waals surface area (Å²) in [4.78, 5) is 0. The zero-order valence-corrected chi connectivity index (χ0v) is 27.3. The number of nitrogens with zero attached hydrogens (tertiary/aromatic N) is 2. The Morgan fingerprint density at radius 3 is 2.00 bits per heavy atom. The van der Waals surface area contributed by atoms with E-state index in [1.165, 1.54) is 71.8 Å². The maximum atomic E-state index is 3.92. The van der Waals surface area contributed by atoms with E-state index in [2.05, 4.69) is 136 Å². The summed E-state index contributed by atoms with van der Waals surface area (Å²) in [6.07, 6.45) is 6.31. The molecule has 0 saturated heterocycles. The van der Waals surface area contributed by atoms with Crippen molar-refractivity contribution >= 4 is 33.4 Å². The van der Waals surface area contributed by atoms with Crippen LogP contribution in [-0.4, -0.2) is 4.40 Å². The molecule has 4 aromatic carbocycles. The molecule has 0 atom stereocenters. The van der Waals surface area contributed by atoms with Crippen LogP contribution in [0, 0.1) is 20.8 Å². The number of rotatable bonds is 4. The second kappa shape index (κ2) is 12.8. The summed E-state index contributed by atoms with van der Waals surface area (Å²) in [5.74, 6) is 0.399. The number of fused-ring (bicyclic) bond motifs is 6. The van der Waals surface area contributed by atoms with Crippen molar-refractivity contribution in [1.82, 2.24) is 4.40 Å². The van der Waals surface area contributed by atoms with Gasteiger partial charge < -0.3 is 0 Å². The predicted octanol–water partition coefficient (Wildman–Crippen LogP) is 11.1. The van der Waals surface area contributed by atoms with E-state index in [9.17, 15) is 0 Å². The third kappa shape index (κ3) is 5.15. The molecule has 0 saturated carbocycles. The van der Waals surface area contributed by atoms with Gasteiger partial charge in [-0.25, -0.2) is 4.57 Å². The summed E-state index contributed by atoms with van der Waals surface area (Å²) in [6, 6.07) is 24.8. The molecule has 6 aromatic rings. The van der Waals surface area contributed by atoms with Crippen LogP contribution < -0.4 is 4.57 Å². The van der Waals surface area contributed by atoms with E-state index in [4.69, 9.17) is 0 Å². The van der Waals surface area contributed by atoms with Gasteiger partial charge in [-0.1, -0.05) is 109 Å². The highest BCUT2D eigenvalue weighted by atomic mass is 15.1. The van der Waals surface area contributed by atoms with Crippen molar-refractivity contribution in [2.45, 2.75) is 68.2 Å². The zero-order valence-electron chi connectivity index (χ0n) is 27.3. The van der Waals surface area contributed by atoms with Crippen LogP contribution in [0.15, 0.2) is 85.7 Å². The van der Waals surface area contributed by atoms with Crippen LogP contribution in [0.2, 0.25) is 0 Å². The molecule has 2 aromatic heterocycles. The van der Waals surface area contributed by atoms with Gasteiger partial charge in [0.1, 0.15) is 17.9 Å². The van der Waals surface area contributed by atoms with Crippen LogP contribution >= 0.6 is 0 Å². The first-order chi connectivity index (χ1) is 20.3. The summed E-state index contributed by atoms with van der Waals surface area (Å²) in [5, 5.41) is 3.99. The second-order valence-corrected chi connectivity index (χ2v) is 11.0. The Labute approximate surface area is 253 Å². The Kier molecular flexibility index (Phi) is 9.36. The second-order valence-electron chi connectivity index (χ2n) is 11.0. The third-order valence-corrected chi connectivity index (χ3v) is 8.13. The van der Waals surface area contributed by atoms with Gasteiger partial charge in [0.05, 0.1) is 12.4 Å². The minimum Gasteiger partial charge on any atom is -0.232 e. The molecular formula is C40H47N2+. The molecule has 216 valence electrons. The van der Waals surface area contributed by atoms with E-state index in [1.807, 2.05) is 33.8 Å². The third-order valence-electron chi connectivity index (χ3n) is 8.13. The zero-order chi connectivity index (χ0) is 30.7.